The van der Waals surface area contributed by atoms with Gasteiger partial charge >= 0.3 is 0 Å². The molecule has 0 bridgehead atoms. The standard InChI is InChI=1S/C10H14N2OS/c11-8-5-7(6-12-10(8)13)9-3-1-2-4-14-9/h5-6,9H,1-4,11H2,(H,12,13). The Morgan fingerprint density at radius 1 is 1.50 bits per heavy atom. The lowest BCUT2D eigenvalue weighted by atomic mass is 10.1. The fourth-order valence-corrected chi connectivity index (χ4v) is 3.03. The van der Waals surface area contributed by atoms with Crippen molar-refractivity contribution in [1.29, 1.82) is 0 Å². The Hall–Kier alpha value is -0.900. The van der Waals surface area contributed by atoms with Gasteiger partial charge in [0.15, 0.2) is 0 Å². The molecule has 0 spiro atoms. The maximum atomic E-state index is 11.1. The Morgan fingerprint density at radius 2 is 2.36 bits per heavy atom. The zero-order chi connectivity index (χ0) is 9.97. The number of aromatic nitrogens is 1. The summed E-state index contributed by atoms with van der Waals surface area (Å²) in [5.41, 5.74) is 6.88. The molecule has 0 amide bonds. The van der Waals surface area contributed by atoms with Crippen molar-refractivity contribution in [2.45, 2.75) is 24.5 Å². The van der Waals surface area contributed by atoms with Gasteiger partial charge in [0, 0.05) is 11.4 Å². The number of nitrogens with one attached hydrogen (secondary N) is 1. The lowest BCUT2D eigenvalue weighted by Crippen LogP contribution is -2.13. The van der Waals surface area contributed by atoms with E-state index in [4.69, 9.17) is 5.73 Å². The summed E-state index contributed by atoms with van der Waals surface area (Å²) in [5.74, 6) is 1.21. The molecule has 2 heterocycles. The van der Waals surface area contributed by atoms with Gasteiger partial charge in [-0.05, 0) is 30.2 Å². The molecule has 3 N–H and O–H groups in total. The largest absolute Gasteiger partial charge is 0.394 e. The molecule has 2 rings (SSSR count). The molecule has 1 aliphatic heterocycles. The summed E-state index contributed by atoms with van der Waals surface area (Å²) in [7, 11) is 0. The summed E-state index contributed by atoms with van der Waals surface area (Å²) in [6, 6.07) is 1.81. The zero-order valence-electron chi connectivity index (χ0n) is 7.95. The number of pyridine rings is 1. The summed E-state index contributed by atoms with van der Waals surface area (Å²) >= 11 is 1.95. The minimum Gasteiger partial charge on any atom is -0.394 e. The molecule has 1 saturated heterocycles. The van der Waals surface area contributed by atoms with Crippen molar-refractivity contribution in [3.8, 4) is 0 Å². The molecular weight excluding hydrogens is 196 g/mol. The summed E-state index contributed by atoms with van der Waals surface area (Å²) in [5, 5.41) is 0.517. The van der Waals surface area contributed by atoms with E-state index in [2.05, 4.69) is 4.98 Å². The molecule has 1 fully saturated rings. The van der Waals surface area contributed by atoms with Crippen LogP contribution in [0.15, 0.2) is 17.1 Å². The lowest BCUT2D eigenvalue weighted by Gasteiger charge is -2.21. The number of aromatic amines is 1. The van der Waals surface area contributed by atoms with Gasteiger partial charge in [0.05, 0.1) is 5.69 Å². The van der Waals surface area contributed by atoms with Gasteiger partial charge in [-0.15, -0.1) is 0 Å². The van der Waals surface area contributed by atoms with Crippen LogP contribution in [-0.2, 0) is 0 Å². The minimum atomic E-state index is -0.186. The van der Waals surface area contributed by atoms with Gasteiger partial charge in [-0.2, -0.15) is 11.8 Å². The van der Waals surface area contributed by atoms with Crippen LogP contribution in [0.4, 0.5) is 5.69 Å². The van der Waals surface area contributed by atoms with Crippen LogP contribution < -0.4 is 11.3 Å². The first kappa shape index (κ1) is 9.65. The van der Waals surface area contributed by atoms with E-state index in [0.29, 0.717) is 10.9 Å². The van der Waals surface area contributed by atoms with Crippen molar-refractivity contribution in [2.75, 3.05) is 11.5 Å². The first-order valence-corrected chi connectivity index (χ1v) is 5.92. The second kappa shape index (κ2) is 4.09. The molecule has 76 valence electrons. The molecule has 0 aliphatic carbocycles. The van der Waals surface area contributed by atoms with Gasteiger partial charge < -0.3 is 10.7 Å². The Kier molecular flexibility index (Phi) is 2.82. The van der Waals surface area contributed by atoms with Gasteiger partial charge in [0.1, 0.15) is 0 Å². The van der Waals surface area contributed by atoms with E-state index in [0.717, 1.165) is 5.56 Å². The predicted octanol–water partition coefficient (Wildman–Crippen LogP) is 1.92. The quantitative estimate of drug-likeness (QED) is 0.744. The number of nitrogens with two attached hydrogens (primary N) is 1. The average Bonchev–Trinajstić information content (AvgIpc) is 2.23. The third kappa shape index (κ3) is 1.95. The van der Waals surface area contributed by atoms with Gasteiger partial charge in [0.2, 0.25) is 0 Å². The molecule has 1 atom stereocenters. The molecule has 0 aromatic carbocycles. The SMILES string of the molecule is Nc1cc(C2CCCCS2)c[nH]c1=O. The van der Waals surface area contributed by atoms with Crippen LogP contribution in [0.5, 0.6) is 0 Å². The van der Waals surface area contributed by atoms with Gasteiger partial charge in [-0.25, -0.2) is 0 Å². The maximum absolute atomic E-state index is 11.1. The highest BCUT2D eigenvalue weighted by atomic mass is 32.2. The monoisotopic (exact) mass is 210 g/mol. The molecule has 3 nitrogen and oxygen atoms in total. The third-order valence-corrected chi connectivity index (χ3v) is 3.94. The van der Waals surface area contributed by atoms with E-state index in [1.54, 1.807) is 6.20 Å². The number of anilines is 1. The molecule has 14 heavy (non-hydrogen) atoms. The number of rotatable bonds is 1. The first-order chi connectivity index (χ1) is 6.77. The molecule has 4 heteroatoms. The van der Waals surface area contributed by atoms with E-state index >= 15 is 0 Å². The van der Waals surface area contributed by atoms with E-state index in [-0.39, 0.29) is 5.56 Å². The van der Waals surface area contributed by atoms with Crippen molar-refractivity contribution >= 4 is 17.4 Å². The number of thioether (sulfide) groups is 1. The van der Waals surface area contributed by atoms with E-state index in [1.165, 1.54) is 25.0 Å². The fourth-order valence-electron chi connectivity index (χ4n) is 1.71. The lowest BCUT2D eigenvalue weighted by molar-refractivity contribution is 0.684. The number of hydrogen-bond donors (Lipinski definition) is 2. The summed E-state index contributed by atoms with van der Waals surface area (Å²) in [6.45, 7) is 0. The first-order valence-electron chi connectivity index (χ1n) is 4.87. The van der Waals surface area contributed by atoms with Crippen LogP contribution >= 0.6 is 11.8 Å². The predicted molar refractivity (Wildman–Crippen MR) is 60.5 cm³/mol. The zero-order valence-corrected chi connectivity index (χ0v) is 8.77. The molecule has 1 aromatic rings. The smallest absolute Gasteiger partial charge is 0.271 e. The molecule has 1 unspecified atom stereocenters. The molecular formula is C10H14N2OS. The summed E-state index contributed by atoms with van der Waals surface area (Å²) < 4.78 is 0. The van der Waals surface area contributed by atoms with E-state index in [1.807, 2.05) is 17.8 Å². The van der Waals surface area contributed by atoms with Crippen molar-refractivity contribution in [3.05, 3.63) is 28.2 Å². The number of hydrogen-bond acceptors (Lipinski definition) is 3. The Bertz CT molecular complexity index is 369. The number of H-pyrrole nitrogens is 1. The average molecular weight is 210 g/mol. The second-order valence-corrected chi connectivity index (χ2v) is 4.88. The second-order valence-electron chi connectivity index (χ2n) is 3.57. The van der Waals surface area contributed by atoms with Gasteiger partial charge in [-0.3, -0.25) is 4.79 Å². The Balaban J connectivity index is 2.22. The van der Waals surface area contributed by atoms with Crippen LogP contribution in [0.2, 0.25) is 0 Å². The third-order valence-electron chi connectivity index (χ3n) is 2.51. The van der Waals surface area contributed by atoms with Gasteiger partial charge in [-0.1, -0.05) is 6.42 Å². The van der Waals surface area contributed by atoms with Gasteiger partial charge in [0.25, 0.3) is 5.56 Å². The minimum absolute atomic E-state index is 0.186. The highest BCUT2D eigenvalue weighted by Crippen LogP contribution is 2.37. The van der Waals surface area contributed by atoms with Crippen LogP contribution in [0.3, 0.4) is 0 Å². The molecule has 1 aliphatic rings. The van der Waals surface area contributed by atoms with Crippen molar-refractivity contribution < 1.29 is 0 Å². The van der Waals surface area contributed by atoms with Crippen molar-refractivity contribution in [2.24, 2.45) is 0 Å². The van der Waals surface area contributed by atoms with E-state index in [9.17, 15) is 4.79 Å². The fraction of sp³-hybridized carbons (Fsp3) is 0.500. The highest BCUT2D eigenvalue weighted by Gasteiger charge is 2.16. The van der Waals surface area contributed by atoms with Crippen LogP contribution in [-0.4, -0.2) is 10.7 Å². The van der Waals surface area contributed by atoms with Crippen LogP contribution in [0.1, 0.15) is 30.1 Å². The normalized spacial score (nSPS) is 22.1. The molecule has 0 saturated carbocycles. The summed E-state index contributed by atoms with van der Waals surface area (Å²) in [4.78, 5) is 13.7. The Labute approximate surface area is 87.1 Å². The van der Waals surface area contributed by atoms with Crippen LogP contribution in [0, 0.1) is 0 Å². The molecule has 0 radical (unpaired) electrons. The number of nitrogen functional groups attached to an aromatic ring is 1. The Morgan fingerprint density at radius 3 is 3.00 bits per heavy atom. The highest BCUT2D eigenvalue weighted by molar-refractivity contribution is 7.99. The summed E-state index contributed by atoms with van der Waals surface area (Å²) in [6.07, 6.45) is 5.56. The van der Waals surface area contributed by atoms with Crippen LogP contribution in [0.25, 0.3) is 0 Å². The maximum Gasteiger partial charge on any atom is 0.271 e. The topological polar surface area (TPSA) is 58.9 Å². The molecule has 1 aromatic heterocycles. The van der Waals surface area contributed by atoms with Crippen molar-refractivity contribution in [1.82, 2.24) is 4.98 Å². The van der Waals surface area contributed by atoms with E-state index < -0.39 is 0 Å². The van der Waals surface area contributed by atoms with Crippen molar-refractivity contribution in [3.63, 3.8) is 0 Å².